The molecular weight excluding hydrogens is 637 g/mol. The first-order chi connectivity index (χ1) is 25.3. The van der Waals surface area contributed by atoms with Crippen molar-refractivity contribution < 1.29 is 0 Å². The summed E-state index contributed by atoms with van der Waals surface area (Å²) < 4.78 is 7.49. The van der Waals surface area contributed by atoms with E-state index in [1.165, 1.54) is 97.4 Å². The fraction of sp³-hybridized carbons (Fsp3) is 0. The summed E-state index contributed by atoms with van der Waals surface area (Å²) in [5.74, 6) is 0. The summed E-state index contributed by atoms with van der Waals surface area (Å²) in [5.41, 5.74) is 12.2. The molecule has 0 bridgehead atoms. The zero-order valence-corrected chi connectivity index (χ0v) is 28.4. The van der Waals surface area contributed by atoms with Crippen LogP contribution in [0.2, 0.25) is 0 Å². The van der Waals surface area contributed by atoms with Gasteiger partial charge >= 0.3 is 0 Å². The van der Waals surface area contributed by atoms with Gasteiger partial charge in [-0.25, -0.2) is 0 Å². The minimum absolute atomic E-state index is 1.18. The van der Waals surface area contributed by atoms with E-state index in [1.54, 1.807) is 0 Å². The summed E-state index contributed by atoms with van der Waals surface area (Å²) in [7, 11) is 0. The fourth-order valence-electron chi connectivity index (χ4n) is 8.17. The molecule has 51 heavy (non-hydrogen) atoms. The Balaban J connectivity index is 1.04. The summed E-state index contributed by atoms with van der Waals surface area (Å²) in [5, 5.41) is 7.74. The maximum atomic E-state index is 2.46. The monoisotopic (exact) mass is 666 g/mol. The van der Waals surface area contributed by atoms with Gasteiger partial charge in [-0.15, -0.1) is 11.3 Å². The lowest BCUT2D eigenvalue weighted by atomic mass is 9.98. The van der Waals surface area contributed by atoms with Crippen molar-refractivity contribution in [2.45, 2.75) is 0 Å². The van der Waals surface area contributed by atoms with Crippen molar-refractivity contribution in [3.05, 3.63) is 182 Å². The maximum Gasteiger partial charge on any atom is 0.0719 e. The molecule has 0 saturated heterocycles. The van der Waals surface area contributed by atoms with Crippen LogP contribution in [0.1, 0.15) is 0 Å². The Morgan fingerprint density at radius 2 is 0.804 bits per heavy atom. The molecule has 3 aromatic heterocycles. The first-order valence-electron chi connectivity index (χ1n) is 17.4. The Labute approximate surface area is 298 Å². The van der Waals surface area contributed by atoms with Gasteiger partial charge in [-0.05, 0) is 82.9 Å². The highest BCUT2D eigenvalue weighted by Gasteiger charge is 2.19. The molecule has 11 aromatic rings. The molecule has 3 heteroatoms. The van der Waals surface area contributed by atoms with Crippen molar-refractivity contribution in [3.8, 4) is 33.6 Å². The number of fused-ring (bicyclic) bond motifs is 10. The molecule has 11 rings (SSSR count). The molecule has 0 aliphatic carbocycles. The maximum absolute atomic E-state index is 2.46. The molecule has 3 heterocycles. The van der Waals surface area contributed by atoms with Crippen molar-refractivity contribution in [1.82, 2.24) is 9.13 Å². The van der Waals surface area contributed by atoms with Crippen LogP contribution < -0.4 is 0 Å². The Morgan fingerprint density at radius 1 is 0.314 bits per heavy atom. The first kappa shape index (κ1) is 28.4. The third-order valence-corrected chi connectivity index (χ3v) is 11.7. The van der Waals surface area contributed by atoms with Crippen LogP contribution in [0, 0.1) is 0 Å². The number of rotatable bonds is 4. The highest BCUT2D eigenvalue weighted by atomic mass is 32.1. The molecule has 2 nitrogen and oxygen atoms in total. The van der Waals surface area contributed by atoms with Crippen LogP contribution in [0.25, 0.3) is 97.4 Å². The van der Waals surface area contributed by atoms with Crippen LogP contribution in [0.4, 0.5) is 0 Å². The van der Waals surface area contributed by atoms with Crippen LogP contribution in [-0.4, -0.2) is 9.13 Å². The Morgan fingerprint density at radius 3 is 1.49 bits per heavy atom. The van der Waals surface area contributed by atoms with Crippen molar-refractivity contribution in [1.29, 1.82) is 0 Å². The largest absolute Gasteiger partial charge is 0.309 e. The van der Waals surface area contributed by atoms with E-state index in [4.69, 9.17) is 0 Å². The van der Waals surface area contributed by atoms with Gasteiger partial charge in [0.15, 0.2) is 0 Å². The van der Waals surface area contributed by atoms with Gasteiger partial charge in [0.2, 0.25) is 0 Å². The summed E-state index contributed by atoms with van der Waals surface area (Å²) in [6.07, 6.45) is 0. The molecule has 0 N–H and O–H groups in total. The van der Waals surface area contributed by atoms with Gasteiger partial charge in [0.1, 0.15) is 0 Å². The Bertz CT molecular complexity index is 3110. The fourth-order valence-corrected chi connectivity index (χ4v) is 9.41. The topological polar surface area (TPSA) is 9.86 Å². The van der Waals surface area contributed by atoms with Crippen LogP contribution in [0.5, 0.6) is 0 Å². The van der Waals surface area contributed by atoms with Gasteiger partial charge in [-0.1, -0.05) is 121 Å². The standard InChI is InChI=1S/C48H30N2S/c1-3-11-35(12-4-1)49-43-17-9-7-15-37(43)41-29-33(23-27-44(41)49)31-19-21-32(22-20-31)34-24-28-45-42(30-34)39-25-26-40-38-16-8-10-18-46(38)51-48(40)47(39)50(45)36-13-5-2-6-14-36/h1-30H. The smallest absolute Gasteiger partial charge is 0.0719 e. The summed E-state index contributed by atoms with van der Waals surface area (Å²) in [6.45, 7) is 0. The number of benzene rings is 8. The Hall–Kier alpha value is -6.42. The van der Waals surface area contributed by atoms with Gasteiger partial charge in [-0.3, -0.25) is 0 Å². The third-order valence-electron chi connectivity index (χ3n) is 10.5. The van der Waals surface area contributed by atoms with Gasteiger partial charge < -0.3 is 9.13 Å². The van der Waals surface area contributed by atoms with Gasteiger partial charge in [-0.2, -0.15) is 0 Å². The van der Waals surface area contributed by atoms with Crippen molar-refractivity contribution in [2.24, 2.45) is 0 Å². The molecule has 0 amide bonds. The number of hydrogen-bond donors (Lipinski definition) is 0. The van der Waals surface area contributed by atoms with E-state index >= 15 is 0 Å². The van der Waals surface area contributed by atoms with Crippen LogP contribution in [-0.2, 0) is 0 Å². The first-order valence-corrected chi connectivity index (χ1v) is 18.3. The lowest BCUT2D eigenvalue weighted by Crippen LogP contribution is -1.93. The van der Waals surface area contributed by atoms with Gasteiger partial charge in [0.25, 0.3) is 0 Å². The predicted molar refractivity (Wildman–Crippen MR) is 219 cm³/mol. The van der Waals surface area contributed by atoms with Crippen molar-refractivity contribution >= 4 is 75.1 Å². The zero-order valence-electron chi connectivity index (χ0n) is 27.6. The third kappa shape index (κ3) is 4.29. The molecule has 8 aromatic carbocycles. The molecular formula is C48H30N2S. The lowest BCUT2D eigenvalue weighted by molar-refractivity contribution is 1.18. The average molecular weight is 667 g/mol. The zero-order chi connectivity index (χ0) is 33.5. The van der Waals surface area contributed by atoms with E-state index in [-0.39, 0.29) is 0 Å². The van der Waals surface area contributed by atoms with Crippen molar-refractivity contribution in [3.63, 3.8) is 0 Å². The van der Waals surface area contributed by atoms with E-state index in [2.05, 4.69) is 191 Å². The van der Waals surface area contributed by atoms with Gasteiger partial charge in [0.05, 0.1) is 26.8 Å². The van der Waals surface area contributed by atoms with E-state index in [9.17, 15) is 0 Å². The molecule has 0 spiro atoms. The normalized spacial score (nSPS) is 11.9. The molecule has 0 aliphatic heterocycles. The quantitative estimate of drug-likeness (QED) is 0.177. The number of thiophene rings is 1. The molecule has 0 unspecified atom stereocenters. The highest BCUT2D eigenvalue weighted by molar-refractivity contribution is 7.26. The van der Waals surface area contributed by atoms with E-state index in [0.29, 0.717) is 0 Å². The summed E-state index contributed by atoms with van der Waals surface area (Å²) >= 11 is 1.89. The lowest BCUT2D eigenvalue weighted by Gasteiger charge is -2.09. The molecule has 0 aliphatic rings. The van der Waals surface area contributed by atoms with E-state index in [1.807, 2.05) is 11.3 Å². The van der Waals surface area contributed by atoms with E-state index < -0.39 is 0 Å². The second kappa shape index (κ2) is 11.0. The molecule has 238 valence electrons. The molecule has 0 atom stereocenters. The summed E-state index contributed by atoms with van der Waals surface area (Å²) in [6, 6.07) is 66.5. The highest BCUT2D eigenvalue weighted by Crippen LogP contribution is 2.44. The number of para-hydroxylation sites is 3. The molecule has 0 radical (unpaired) electrons. The second-order valence-electron chi connectivity index (χ2n) is 13.3. The summed E-state index contributed by atoms with van der Waals surface area (Å²) in [4.78, 5) is 0. The van der Waals surface area contributed by atoms with Crippen LogP contribution in [0.3, 0.4) is 0 Å². The minimum atomic E-state index is 1.18. The number of nitrogens with zero attached hydrogens (tertiary/aromatic N) is 2. The predicted octanol–water partition coefficient (Wildman–Crippen LogP) is 13.6. The Kier molecular flexibility index (Phi) is 6.16. The van der Waals surface area contributed by atoms with E-state index in [0.717, 1.165) is 0 Å². The number of aromatic nitrogens is 2. The van der Waals surface area contributed by atoms with Crippen LogP contribution >= 0.6 is 11.3 Å². The van der Waals surface area contributed by atoms with Crippen molar-refractivity contribution in [2.75, 3.05) is 0 Å². The van der Waals surface area contributed by atoms with Gasteiger partial charge in [0, 0.05) is 48.4 Å². The molecule has 0 saturated carbocycles. The SMILES string of the molecule is c1ccc(-n2c3ccccc3c3cc(-c4ccc(-c5ccc6c(c5)c5ccc7c8ccccc8sc7c5n6-c5ccccc5)cc4)ccc32)cc1. The van der Waals surface area contributed by atoms with Crippen LogP contribution in [0.15, 0.2) is 182 Å². The minimum Gasteiger partial charge on any atom is -0.309 e. The number of hydrogen-bond acceptors (Lipinski definition) is 1. The second-order valence-corrected chi connectivity index (χ2v) is 14.4. The molecule has 0 fully saturated rings. The average Bonchev–Trinajstić information content (AvgIpc) is 3.86.